The molecule has 0 aliphatic carbocycles. The largest absolute Gasteiger partial charge is 0.496 e. The normalized spacial score (nSPS) is 25.1. The van der Waals surface area contributed by atoms with Crippen LogP contribution in [0.15, 0.2) is 12.1 Å². The number of rotatable bonds is 3. The first-order valence-corrected chi connectivity index (χ1v) is 8.78. The average Bonchev–Trinajstić information content (AvgIpc) is 2.37. The number of methoxy groups -OCH3 is 1. The zero-order chi connectivity index (χ0) is 14.0. The van der Waals surface area contributed by atoms with E-state index in [9.17, 15) is 0 Å². The Morgan fingerprint density at radius 3 is 2.58 bits per heavy atom. The van der Waals surface area contributed by atoms with Gasteiger partial charge in [0.1, 0.15) is 5.75 Å². The van der Waals surface area contributed by atoms with Crippen molar-refractivity contribution in [2.24, 2.45) is 5.73 Å². The van der Waals surface area contributed by atoms with Crippen LogP contribution in [0.1, 0.15) is 29.7 Å². The van der Waals surface area contributed by atoms with Crippen LogP contribution in [0, 0.1) is 13.8 Å². The van der Waals surface area contributed by atoms with Gasteiger partial charge in [-0.25, -0.2) is 0 Å². The van der Waals surface area contributed by atoms with Crippen LogP contribution in [0.4, 0.5) is 0 Å². The Balaban J connectivity index is 2.34. The van der Waals surface area contributed by atoms with Gasteiger partial charge in [0, 0.05) is 33.6 Å². The number of thioether (sulfide) groups is 2. The van der Waals surface area contributed by atoms with Crippen molar-refractivity contribution in [3.05, 3.63) is 28.8 Å². The van der Waals surface area contributed by atoms with E-state index < -0.39 is 0 Å². The molecule has 1 saturated heterocycles. The molecule has 0 amide bonds. The first kappa shape index (κ1) is 15.1. The lowest BCUT2D eigenvalue weighted by atomic mass is 9.95. The summed E-state index contributed by atoms with van der Waals surface area (Å²) in [5.74, 6) is 3.37. The molecule has 0 bridgehead atoms. The number of aryl methyl sites for hydroxylation is 2. The minimum atomic E-state index is 0.0448. The topological polar surface area (TPSA) is 35.2 Å². The SMILES string of the molecule is COc1cc(C)cc(C)c1C(N)C1SCCSC1C. The van der Waals surface area contributed by atoms with E-state index in [2.05, 4.69) is 32.9 Å². The van der Waals surface area contributed by atoms with Crippen molar-refractivity contribution in [2.75, 3.05) is 18.6 Å². The van der Waals surface area contributed by atoms with Crippen molar-refractivity contribution < 1.29 is 4.74 Å². The maximum Gasteiger partial charge on any atom is 0.124 e. The molecule has 3 atom stereocenters. The lowest BCUT2D eigenvalue weighted by Gasteiger charge is -2.34. The van der Waals surface area contributed by atoms with Crippen molar-refractivity contribution in [3.8, 4) is 5.75 Å². The van der Waals surface area contributed by atoms with Crippen LogP contribution in [-0.2, 0) is 0 Å². The monoisotopic (exact) mass is 297 g/mol. The van der Waals surface area contributed by atoms with Crippen LogP contribution in [-0.4, -0.2) is 29.1 Å². The second-order valence-corrected chi connectivity index (χ2v) is 7.91. The fourth-order valence-electron chi connectivity index (χ4n) is 2.74. The zero-order valence-corrected chi connectivity index (χ0v) is 13.7. The lowest BCUT2D eigenvalue weighted by Crippen LogP contribution is -2.34. The Bertz CT molecular complexity index is 450. The van der Waals surface area contributed by atoms with E-state index in [1.807, 2.05) is 23.5 Å². The Morgan fingerprint density at radius 2 is 1.95 bits per heavy atom. The molecule has 1 heterocycles. The summed E-state index contributed by atoms with van der Waals surface area (Å²) in [6.07, 6.45) is 0. The summed E-state index contributed by atoms with van der Waals surface area (Å²) in [5, 5.41) is 1.06. The van der Waals surface area contributed by atoms with Gasteiger partial charge in [-0.15, -0.1) is 0 Å². The summed E-state index contributed by atoms with van der Waals surface area (Å²) in [7, 11) is 1.73. The Labute approximate surface area is 124 Å². The highest BCUT2D eigenvalue weighted by Gasteiger charge is 2.31. The third-order valence-corrected chi connectivity index (χ3v) is 6.85. The van der Waals surface area contributed by atoms with Crippen LogP contribution in [0.5, 0.6) is 5.75 Å². The second-order valence-electron chi connectivity index (χ2n) is 5.13. The molecule has 1 aliphatic heterocycles. The summed E-state index contributed by atoms with van der Waals surface area (Å²) in [5.41, 5.74) is 10.2. The highest BCUT2D eigenvalue weighted by Crippen LogP contribution is 2.41. The summed E-state index contributed by atoms with van der Waals surface area (Å²) < 4.78 is 5.56. The van der Waals surface area contributed by atoms with Crippen molar-refractivity contribution in [3.63, 3.8) is 0 Å². The third-order valence-electron chi connectivity index (χ3n) is 3.64. The molecular formula is C15H23NOS2. The lowest BCUT2D eigenvalue weighted by molar-refractivity contribution is 0.404. The molecule has 19 heavy (non-hydrogen) atoms. The first-order valence-electron chi connectivity index (χ1n) is 6.68. The van der Waals surface area contributed by atoms with E-state index in [4.69, 9.17) is 10.5 Å². The first-order chi connectivity index (χ1) is 9.04. The van der Waals surface area contributed by atoms with Gasteiger partial charge in [0.2, 0.25) is 0 Å². The maximum atomic E-state index is 6.57. The smallest absolute Gasteiger partial charge is 0.124 e. The summed E-state index contributed by atoms with van der Waals surface area (Å²) >= 11 is 4.03. The number of nitrogens with two attached hydrogens (primary N) is 1. The minimum Gasteiger partial charge on any atom is -0.496 e. The highest BCUT2D eigenvalue weighted by molar-refractivity contribution is 8.07. The van der Waals surface area contributed by atoms with E-state index in [0.29, 0.717) is 10.5 Å². The molecule has 2 nitrogen and oxygen atoms in total. The standard InChI is InChI=1S/C15H23NOS2/c1-9-7-10(2)13(12(8-9)17-4)14(16)15-11(3)18-5-6-19-15/h7-8,11,14-15H,5-6,16H2,1-4H3. The molecule has 0 radical (unpaired) electrons. The van der Waals surface area contributed by atoms with E-state index in [1.54, 1.807) is 7.11 Å². The van der Waals surface area contributed by atoms with Gasteiger partial charge in [-0.2, -0.15) is 23.5 Å². The van der Waals surface area contributed by atoms with Gasteiger partial charge in [0.25, 0.3) is 0 Å². The summed E-state index contributed by atoms with van der Waals surface area (Å²) in [6, 6.07) is 4.33. The molecule has 0 spiro atoms. The maximum absolute atomic E-state index is 6.57. The molecule has 0 saturated carbocycles. The Morgan fingerprint density at radius 1 is 1.26 bits per heavy atom. The molecule has 1 aliphatic rings. The molecule has 2 N–H and O–H groups in total. The fourth-order valence-corrected chi connectivity index (χ4v) is 5.60. The van der Waals surface area contributed by atoms with Crippen molar-refractivity contribution >= 4 is 23.5 Å². The number of hydrogen-bond donors (Lipinski definition) is 1. The van der Waals surface area contributed by atoms with E-state index in [-0.39, 0.29) is 6.04 Å². The fraction of sp³-hybridized carbons (Fsp3) is 0.600. The van der Waals surface area contributed by atoms with Gasteiger partial charge >= 0.3 is 0 Å². The number of benzene rings is 1. The van der Waals surface area contributed by atoms with Crippen LogP contribution in [0.2, 0.25) is 0 Å². The molecule has 1 fully saturated rings. The minimum absolute atomic E-state index is 0.0448. The van der Waals surface area contributed by atoms with E-state index in [1.165, 1.54) is 28.2 Å². The van der Waals surface area contributed by atoms with Crippen molar-refractivity contribution in [1.82, 2.24) is 0 Å². The predicted octanol–water partition coefficient (Wildman–Crippen LogP) is 3.55. The molecule has 2 rings (SSSR count). The van der Waals surface area contributed by atoms with Gasteiger partial charge in [0.05, 0.1) is 7.11 Å². The third kappa shape index (κ3) is 3.23. The molecule has 106 valence electrons. The van der Waals surface area contributed by atoms with Gasteiger partial charge in [-0.05, 0) is 31.0 Å². The van der Waals surface area contributed by atoms with E-state index >= 15 is 0 Å². The van der Waals surface area contributed by atoms with Crippen LogP contribution in [0.3, 0.4) is 0 Å². The molecule has 1 aromatic rings. The summed E-state index contributed by atoms with van der Waals surface area (Å²) in [4.78, 5) is 0. The number of ether oxygens (including phenoxy) is 1. The van der Waals surface area contributed by atoms with Gasteiger partial charge < -0.3 is 10.5 Å². The molecule has 1 aromatic carbocycles. The highest BCUT2D eigenvalue weighted by atomic mass is 32.2. The van der Waals surface area contributed by atoms with Crippen molar-refractivity contribution in [1.29, 1.82) is 0 Å². The van der Waals surface area contributed by atoms with Crippen LogP contribution >= 0.6 is 23.5 Å². The van der Waals surface area contributed by atoms with Crippen molar-refractivity contribution in [2.45, 2.75) is 37.3 Å². The summed E-state index contributed by atoms with van der Waals surface area (Å²) in [6.45, 7) is 6.52. The number of hydrogen-bond acceptors (Lipinski definition) is 4. The molecule has 0 aromatic heterocycles. The molecular weight excluding hydrogens is 274 g/mol. The molecule has 3 unspecified atom stereocenters. The van der Waals surface area contributed by atoms with Crippen LogP contribution in [0.25, 0.3) is 0 Å². The quantitative estimate of drug-likeness (QED) is 0.925. The van der Waals surface area contributed by atoms with Crippen LogP contribution < -0.4 is 10.5 Å². The Hall–Kier alpha value is -0.320. The predicted molar refractivity (Wildman–Crippen MR) is 87.6 cm³/mol. The van der Waals surface area contributed by atoms with Gasteiger partial charge in [-0.1, -0.05) is 13.0 Å². The molecule has 4 heteroatoms. The Kier molecular flexibility index (Phi) is 5.09. The van der Waals surface area contributed by atoms with Gasteiger partial charge in [-0.3, -0.25) is 0 Å². The average molecular weight is 297 g/mol. The second kappa shape index (κ2) is 6.42. The zero-order valence-electron chi connectivity index (χ0n) is 12.1. The van der Waals surface area contributed by atoms with E-state index in [0.717, 1.165) is 5.75 Å². The van der Waals surface area contributed by atoms with Gasteiger partial charge in [0.15, 0.2) is 0 Å².